The second kappa shape index (κ2) is 8.77. The maximum Gasteiger partial charge on any atom is 0.305 e. The summed E-state index contributed by atoms with van der Waals surface area (Å²) in [6.07, 6.45) is 0.422. The van der Waals surface area contributed by atoms with Gasteiger partial charge in [0.15, 0.2) is 0 Å². The molecule has 0 saturated carbocycles. The Kier molecular flexibility index (Phi) is 8.63. The Morgan fingerprint density at radius 1 is 1.47 bits per heavy atom. The number of methoxy groups -OCH3 is 1. The van der Waals surface area contributed by atoms with E-state index in [9.17, 15) is 13.2 Å². The average Bonchev–Trinajstić information content (AvgIpc) is 2.25. The molecule has 0 amide bonds. The first-order valence-corrected chi connectivity index (χ1v) is 8.36. The Balaban J connectivity index is 3.91. The normalized spacial score (nSPS) is 13.4. The number of rotatable bonds is 9. The van der Waals surface area contributed by atoms with Crippen molar-refractivity contribution in [1.29, 1.82) is 0 Å². The van der Waals surface area contributed by atoms with Crippen LogP contribution in [-0.2, 0) is 19.6 Å². The highest BCUT2D eigenvalue weighted by molar-refractivity contribution is 7.99. The first-order chi connectivity index (χ1) is 7.91. The van der Waals surface area contributed by atoms with Gasteiger partial charge in [-0.25, -0.2) is 13.1 Å². The maximum atomic E-state index is 11.6. The molecule has 0 aromatic heterocycles. The summed E-state index contributed by atoms with van der Waals surface area (Å²) in [5.41, 5.74) is 0. The molecule has 0 aliphatic rings. The molecule has 102 valence electrons. The second-order valence-electron chi connectivity index (χ2n) is 3.68. The van der Waals surface area contributed by atoms with E-state index in [4.69, 9.17) is 0 Å². The molecule has 17 heavy (non-hydrogen) atoms. The summed E-state index contributed by atoms with van der Waals surface area (Å²) < 4.78 is 30.2. The van der Waals surface area contributed by atoms with E-state index in [0.717, 1.165) is 11.5 Å². The smallest absolute Gasteiger partial charge is 0.305 e. The summed E-state index contributed by atoms with van der Waals surface area (Å²) in [5, 5.41) is 0. The van der Waals surface area contributed by atoms with Crippen LogP contribution in [0, 0.1) is 0 Å². The van der Waals surface area contributed by atoms with Crippen LogP contribution in [-0.4, -0.2) is 44.8 Å². The third kappa shape index (κ3) is 9.43. The second-order valence-corrected chi connectivity index (χ2v) is 6.87. The standard InChI is InChI=1S/C10H21NO4S2/c1-4-16-8-9(2)11-17(13,14)7-5-6-10(12)15-3/h9,11H,4-8H2,1-3H3. The lowest BCUT2D eigenvalue weighted by Gasteiger charge is -2.13. The Morgan fingerprint density at radius 3 is 2.65 bits per heavy atom. The van der Waals surface area contributed by atoms with Crippen molar-refractivity contribution in [2.24, 2.45) is 0 Å². The first kappa shape index (κ1) is 16.7. The first-order valence-electron chi connectivity index (χ1n) is 5.55. The molecule has 0 aliphatic heterocycles. The number of nitrogens with one attached hydrogen (secondary N) is 1. The molecule has 5 nitrogen and oxygen atoms in total. The topological polar surface area (TPSA) is 72.5 Å². The summed E-state index contributed by atoms with van der Waals surface area (Å²) in [5.74, 6) is 1.31. The van der Waals surface area contributed by atoms with Crippen molar-refractivity contribution < 1.29 is 17.9 Å². The molecule has 1 N–H and O–H groups in total. The number of ether oxygens (including phenoxy) is 1. The van der Waals surface area contributed by atoms with Gasteiger partial charge in [0.05, 0.1) is 12.9 Å². The van der Waals surface area contributed by atoms with Crippen molar-refractivity contribution in [3.8, 4) is 0 Å². The minimum atomic E-state index is -3.29. The van der Waals surface area contributed by atoms with Gasteiger partial charge < -0.3 is 4.74 Å². The zero-order valence-corrected chi connectivity index (χ0v) is 12.2. The van der Waals surface area contributed by atoms with Crippen LogP contribution in [0.3, 0.4) is 0 Å². The van der Waals surface area contributed by atoms with E-state index < -0.39 is 10.0 Å². The number of thioether (sulfide) groups is 1. The van der Waals surface area contributed by atoms with Crippen molar-refractivity contribution in [1.82, 2.24) is 4.72 Å². The summed E-state index contributed by atoms with van der Waals surface area (Å²) in [6, 6.07) is -0.0805. The van der Waals surface area contributed by atoms with Crippen molar-refractivity contribution in [2.45, 2.75) is 32.7 Å². The predicted octanol–water partition coefficient (Wildman–Crippen LogP) is 1.00. The van der Waals surface area contributed by atoms with E-state index in [1.165, 1.54) is 7.11 Å². The van der Waals surface area contributed by atoms with Gasteiger partial charge >= 0.3 is 5.97 Å². The van der Waals surface area contributed by atoms with Gasteiger partial charge in [-0.15, -0.1) is 0 Å². The molecule has 7 heteroatoms. The van der Waals surface area contributed by atoms with Gasteiger partial charge in [-0.1, -0.05) is 6.92 Å². The van der Waals surface area contributed by atoms with Crippen molar-refractivity contribution in [3.05, 3.63) is 0 Å². The molecule has 1 unspecified atom stereocenters. The van der Waals surface area contributed by atoms with Gasteiger partial charge in [-0.2, -0.15) is 11.8 Å². The fourth-order valence-electron chi connectivity index (χ4n) is 1.20. The van der Waals surface area contributed by atoms with Crippen LogP contribution in [0.25, 0.3) is 0 Å². The lowest BCUT2D eigenvalue weighted by atomic mass is 10.3. The van der Waals surface area contributed by atoms with Crippen LogP contribution in [0.5, 0.6) is 0 Å². The predicted molar refractivity (Wildman–Crippen MR) is 70.6 cm³/mol. The molecule has 1 atom stereocenters. The molecule has 0 aromatic rings. The van der Waals surface area contributed by atoms with Gasteiger partial charge in [-0.05, 0) is 19.1 Å². The van der Waals surface area contributed by atoms with Crippen LogP contribution >= 0.6 is 11.8 Å². The monoisotopic (exact) mass is 283 g/mol. The fourth-order valence-corrected chi connectivity index (χ4v) is 3.32. The van der Waals surface area contributed by atoms with Gasteiger partial charge in [0.25, 0.3) is 0 Å². The number of esters is 1. The molecule has 0 radical (unpaired) electrons. The summed E-state index contributed by atoms with van der Waals surface area (Å²) in [7, 11) is -2.00. The molecule has 0 aliphatic carbocycles. The van der Waals surface area contributed by atoms with Crippen molar-refractivity contribution in [2.75, 3.05) is 24.4 Å². The number of sulfonamides is 1. The molecule has 0 saturated heterocycles. The molecule has 0 fully saturated rings. The Labute approximate surface area is 108 Å². The highest BCUT2D eigenvalue weighted by Crippen LogP contribution is 2.04. The van der Waals surface area contributed by atoms with Crippen LogP contribution in [0.15, 0.2) is 0 Å². The number of hydrogen-bond donors (Lipinski definition) is 1. The lowest BCUT2D eigenvalue weighted by Crippen LogP contribution is -2.36. The van der Waals surface area contributed by atoms with Gasteiger partial charge in [-0.3, -0.25) is 4.79 Å². The fraction of sp³-hybridized carbons (Fsp3) is 0.900. The summed E-state index contributed by atoms with van der Waals surface area (Å²) in [4.78, 5) is 10.8. The quantitative estimate of drug-likeness (QED) is 0.639. The highest BCUT2D eigenvalue weighted by atomic mass is 32.2. The van der Waals surface area contributed by atoms with Crippen LogP contribution in [0.2, 0.25) is 0 Å². The SMILES string of the molecule is CCSCC(C)NS(=O)(=O)CCCC(=O)OC. The van der Waals surface area contributed by atoms with E-state index in [1.807, 2.05) is 13.8 Å². The molecular weight excluding hydrogens is 262 g/mol. The van der Waals surface area contributed by atoms with Crippen molar-refractivity contribution >= 4 is 27.8 Å². The van der Waals surface area contributed by atoms with E-state index in [1.54, 1.807) is 11.8 Å². The molecule has 0 heterocycles. The van der Waals surface area contributed by atoms with Crippen LogP contribution in [0.4, 0.5) is 0 Å². The minimum Gasteiger partial charge on any atom is -0.469 e. The lowest BCUT2D eigenvalue weighted by molar-refractivity contribution is -0.140. The highest BCUT2D eigenvalue weighted by Gasteiger charge is 2.14. The minimum absolute atomic E-state index is 0.0385. The molecular formula is C10H21NO4S2. The molecule has 0 rings (SSSR count). The van der Waals surface area contributed by atoms with Crippen LogP contribution in [0.1, 0.15) is 26.7 Å². The van der Waals surface area contributed by atoms with E-state index in [0.29, 0.717) is 0 Å². The zero-order valence-electron chi connectivity index (χ0n) is 10.6. The van der Waals surface area contributed by atoms with E-state index in [-0.39, 0.29) is 30.6 Å². The molecule has 0 spiro atoms. The molecule has 0 aromatic carbocycles. The largest absolute Gasteiger partial charge is 0.469 e. The number of hydrogen-bond acceptors (Lipinski definition) is 5. The summed E-state index contributed by atoms with van der Waals surface area (Å²) in [6.45, 7) is 3.86. The van der Waals surface area contributed by atoms with Crippen molar-refractivity contribution in [3.63, 3.8) is 0 Å². The van der Waals surface area contributed by atoms with E-state index >= 15 is 0 Å². The number of carbonyl (C=O) groups excluding carboxylic acids is 1. The van der Waals surface area contributed by atoms with Gasteiger partial charge in [0.1, 0.15) is 0 Å². The van der Waals surface area contributed by atoms with E-state index in [2.05, 4.69) is 9.46 Å². The zero-order chi connectivity index (χ0) is 13.3. The third-order valence-corrected chi connectivity index (χ3v) is 4.71. The number of carbonyl (C=O) groups is 1. The maximum absolute atomic E-state index is 11.6. The Hall–Kier alpha value is -0.270. The molecule has 0 bridgehead atoms. The Bertz CT molecular complexity index is 316. The average molecular weight is 283 g/mol. The van der Waals surface area contributed by atoms with Crippen LogP contribution < -0.4 is 4.72 Å². The third-order valence-electron chi connectivity index (χ3n) is 1.97. The van der Waals surface area contributed by atoms with Gasteiger partial charge in [0.2, 0.25) is 10.0 Å². The summed E-state index contributed by atoms with van der Waals surface area (Å²) >= 11 is 1.69. The van der Waals surface area contributed by atoms with Gasteiger partial charge in [0, 0.05) is 18.2 Å². The Morgan fingerprint density at radius 2 is 2.12 bits per heavy atom.